The smallest absolute Gasteiger partial charge is 0.303 e. The van der Waals surface area contributed by atoms with Crippen molar-refractivity contribution in [3.05, 3.63) is 17.3 Å². The first-order valence-corrected chi connectivity index (χ1v) is 9.17. The summed E-state index contributed by atoms with van der Waals surface area (Å²) in [5.74, 6) is -1.85. The first-order chi connectivity index (χ1) is 13.7. The quantitative estimate of drug-likeness (QED) is 0.433. The van der Waals surface area contributed by atoms with E-state index in [1.807, 2.05) is 0 Å². The molecule has 1 N–H and O–H groups in total. The molecule has 0 spiro atoms. The van der Waals surface area contributed by atoms with Gasteiger partial charge < -0.3 is 23.9 Å². The van der Waals surface area contributed by atoms with E-state index in [-0.39, 0.29) is 4.64 Å². The standard InChI is InChI=1S/C17H20N4O7S/c1-7-12(26-8(2)22)13(27-9(3)23)14(28-10(4)24)17(25-7)21-6-20-11-15(21)18-5-19-16(11)29/h5-7,12-14,17H,1-4H3,(H,18,19,29). The summed E-state index contributed by atoms with van der Waals surface area (Å²) in [5, 5.41) is 0. The van der Waals surface area contributed by atoms with Gasteiger partial charge in [-0.2, -0.15) is 0 Å². The molecule has 0 radical (unpaired) electrons. The molecule has 3 heterocycles. The Hall–Kier alpha value is -2.86. The lowest BCUT2D eigenvalue weighted by Gasteiger charge is -2.44. The Morgan fingerprint density at radius 1 is 1.03 bits per heavy atom. The van der Waals surface area contributed by atoms with Crippen LogP contribution in [-0.4, -0.2) is 61.8 Å². The average molecular weight is 424 g/mol. The normalized spacial score (nSPS) is 26.7. The molecule has 0 aromatic carbocycles. The van der Waals surface area contributed by atoms with Gasteiger partial charge in [0.15, 0.2) is 29.2 Å². The fourth-order valence-corrected chi connectivity index (χ4v) is 3.48. The van der Waals surface area contributed by atoms with Crippen molar-refractivity contribution in [2.45, 2.75) is 58.3 Å². The van der Waals surface area contributed by atoms with Gasteiger partial charge in [-0.3, -0.25) is 19.0 Å². The van der Waals surface area contributed by atoms with Gasteiger partial charge in [0.25, 0.3) is 0 Å². The van der Waals surface area contributed by atoms with E-state index in [1.165, 1.54) is 33.4 Å². The first-order valence-electron chi connectivity index (χ1n) is 8.76. The number of imidazole rings is 1. The number of carbonyl (C=O) groups is 3. The van der Waals surface area contributed by atoms with E-state index in [9.17, 15) is 14.4 Å². The van der Waals surface area contributed by atoms with Crippen LogP contribution in [0, 0.1) is 4.64 Å². The molecule has 12 heteroatoms. The third-order valence-electron chi connectivity index (χ3n) is 4.31. The van der Waals surface area contributed by atoms with Crippen LogP contribution in [0.4, 0.5) is 0 Å². The van der Waals surface area contributed by atoms with Crippen LogP contribution < -0.4 is 0 Å². The molecule has 0 amide bonds. The molecular formula is C17H20N4O7S. The molecule has 1 saturated heterocycles. The molecule has 5 atom stereocenters. The minimum atomic E-state index is -1.12. The number of nitrogens with one attached hydrogen (secondary N) is 1. The summed E-state index contributed by atoms with van der Waals surface area (Å²) in [7, 11) is 0. The van der Waals surface area contributed by atoms with Crippen molar-refractivity contribution in [1.29, 1.82) is 0 Å². The third kappa shape index (κ3) is 4.27. The summed E-state index contributed by atoms with van der Waals surface area (Å²) in [6.07, 6.45) is -1.98. The number of H-pyrrole nitrogens is 1. The fourth-order valence-electron chi connectivity index (χ4n) is 3.28. The number of rotatable bonds is 4. The monoisotopic (exact) mass is 424 g/mol. The van der Waals surface area contributed by atoms with Crippen LogP contribution in [0.1, 0.15) is 33.9 Å². The van der Waals surface area contributed by atoms with Gasteiger partial charge in [0, 0.05) is 20.8 Å². The maximum Gasteiger partial charge on any atom is 0.303 e. The Morgan fingerprint density at radius 2 is 1.62 bits per heavy atom. The maximum absolute atomic E-state index is 11.8. The fraction of sp³-hybridized carbons (Fsp3) is 0.529. The number of fused-ring (bicyclic) bond motifs is 1. The molecule has 1 fully saturated rings. The largest absolute Gasteiger partial charge is 0.456 e. The second kappa shape index (κ2) is 8.25. The van der Waals surface area contributed by atoms with Crippen molar-refractivity contribution in [2.24, 2.45) is 0 Å². The average Bonchev–Trinajstić information content (AvgIpc) is 3.04. The van der Waals surface area contributed by atoms with E-state index in [0.29, 0.717) is 11.2 Å². The van der Waals surface area contributed by atoms with Crippen LogP contribution in [0.2, 0.25) is 0 Å². The number of nitrogens with zero attached hydrogens (tertiary/aromatic N) is 3. The van der Waals surface area contributed by atoms with Crippen LogP contribution >= 0.6 is 12.2 Å². The van der Waals surface area contributed by atoms with Crippen molar-refractivity contribution in [2.75, 3.05) is 0 Å². The summed E-state index contributed by atoms with van der Waals surface area (Å²) in [5.41, 5.74) is 0.901. The van der Waals surface area contributed by atoms with Crippen molar-refractivity contribution in [3.8, 4) is 0 Å². The van der Waals surface area contributed by atoms with Crippen LogP contribution in [0.15, 0.2) is 12.7 Å². The Kier molecular flexibility index (Phi) is 5.94. The SMILES string of the molecule is CC(=O)OC1C(C)OC(n2cnc3c(=S)nc[nH]c32)C(OC(C)=O)C1OC(C)=O. The van der Waals surface area contributed by atoms with Gasteiger partial charge >= 0.3 is 17.9 Å². The van der Waals surface area contributed by atoms with Gasteiger partial charge in [-0.15, -0.1) is 0 Å². The zero-order valence-corrected chi connectivity index (χ0v) is 17.0. The van der Waals surface area contributed by atoms with E-state index in [0.717, 1.165) is 0 Å². The lowest BCUT2D eigenvalue weighted by atomic mass is 9.97. The molecule has 1 aliphatic rings. The lowest BCUT2D eigenvalue weighted by molar-refractivity contribution is -0.259. The van der Waals surface area contributed by atoms with E-state index < -0.39 is 48.6 Å². The molecule has 1 aliphatic heterocycles. The molecule has 0 saturated carbocycles. The minimum absolute atomic E-state index is 0.278. The first kappa shape index (κ1) is 20.9. The Morgan fingerprint density at radius 3 is 2.24 bits per heavy atom. The highest BCUT2D eigenvalue weighted by Crippen LogP contribution is 2.35. The number of esters is 3. The second-order valence-corrected chi connectivity index (χ2v) is 6.90. The molecule has 3 rings (SSSR count). The van der Waals surface area contributed by atoms with Gasteiger partial charge in [0.05, 0.1) is 18.8 Å². The van der Waals surface area contributed by atoms with Crippen LogP contribution in [0.25, 0.3) is 11.2 Å². The maximum atomic E-state index is 11.8. The highest BCUT2D eigenvalue weighted by Gasteiger charge is 2.51. The van der Waals surface area contributed by atoms with Gasteiger partial charge in [0.1, 0.15) is 11.2 Å². The number of hydrogen-bond donors (Lipinski definition) is 1. The predicted octanol–water partition coefficient (Wildman–Crippen LogP) is 1.20. The van der Waals surface area contributed by atoms with E-state index in [1.54, 1.807) is 11.5 Å². The van der Waals surface area contributed by atoms with Crippen LogP contribution in [-0.2, 0) is 33.3 Å². The zero-order chi connectivity index (χ0) is 21.3. The van der Waals surface area contributed by atoms with Crippen LogP contribution in [0.3, 0.4) is 0 Å². The molecular weight excluding hydrogens is 404 g/mol. The van der Waals surface area contributed by atoms with Crippen LogP contribution in [0.5, 0.6) is 0 Å². The molecule has 29 heavy (non-hydrogen) atoms. The summed E-state index contributed by atoms with van der Waals surface area (Å²) >= 11 is 5.18. The van der Waals surface area contributed by atoms with Crippen molar-refractivity contribution < 1.29 is 33.3 Å². The Balaban J connectivity index is 2.10. The molecule has 0 aliphatic carbocycles. The second-order valence-electron chi connectivity index (χ2n) is 6.51. The van der Waals surface area contributed by atoms with Gasteiger partial charge in [-0.05, 0) is 6.92 Å². The Labute approximate surface area is 170 Å². The molecule has 2 aromatic rings. The highest BCUT2D eigenvalue weighted by atomic mass is 32.1. The summed E-state index contributed by atoms with van der Waals surface area (Å²) in [6.45, 7) is 5.30. The van der Waals surface area contributed by atoms with Gasteiger partial charge in [0.2, 0.25) is 0 Å². The third-order valence-corrected chi connectivity index (χ3v) is 4.60. The van der Waals surface area contributed by atoms with E-state index >= 15 is 0 Å². The van der Waals surface area contributed by atoms with Crippen molar-refractivity contribution in [1.82, 2.24) is 19.5 Å². The molecule has 5 unspecified atom stereocenters. The number of aromatic nitrogens is 4. The van der Waals surface area contributed by atoms with Gasteiger partial charge in [-0.1, -0.05) is 12.2 Å². The zero-order valence-electron chi connectivity index (χ0n) is 16.1. The number of hydrogen-bond acceptors (Lipinski definition) is 10. The summed E-state index contributed by atoms with van der Waals surface area (Å²) < 4.78 is 24.0. The van der Waals surface area contributed by atoms with Gasteiger partial charge in [-0.25, -0.2) is 9.97 Å². The van der Waals surface area contributed by atoms with Crippen molar-refractivity contribution in [3.63, 3.8) is 0 Å². The summed E-state index contributed by atoms with van der Waals surface area (Å²) in [4.78, 5) is 46.3. The highest BCUT2D eigenvalue weighted by molar-refractivity contribution is 7.71. The number of carbonyl (C=O) groups excluding carboxylic acids is 3. The molecule has 0 bridgehead atoms. The molecule has 11 nitrogen and oxygen atoms in total. The number of aromatic amines is 1. The summed E-state index contributed by atoms with van der Waals surface area (Å²) in [6, 6.07) is 0. The Bertz CT molecular complexity index is 1000. The van der Waals surface area contributed by atoms with E-state index in [2.05, 4.69) is 15.0 Å². The topological polar surface area (TPSA) is 135 Å². The lowest BCUT2D eigenvalue weighted by Crippen LogP contribution is -2.58. The minimum Gasteiger partial charge on any atom is -0.456 e. The predicted molar refractivity (Wildman–Crippen MR) is 99.0 cm³/mol. The number of ether oxygens (including phenoxy) is 4. The molecule has 156 valence electrons. The van der Waals surface area contributed by atoms with Crippen molar-refractivity contribution >= 4 is 41.3 Å². The molecule has 2 aromatic heterocycles. The van der Waals surface area contributed by atoms with E-state index in [4.69, 9.17) is 31.2 Å².